The van der Waals surface area contributed by atoms with Gasteiger partial charge in [0.05, 0.1) is 12.9 Å². The number of unbranched alkanes of at least 4 members (excludes halogenated alkanes) is 1. The summed E-state index contributed by atoms with van der Waals surface area (Å²) in [7, 11) is 1.04. The van der Waals surface area contributed by atoms with Crippen molar-refractivity contribution in [3.63, 3.8) is 0 Å². The number of ether oxygens (including phenoxy) is 1. The molecule has 0 saturated heterocycles. The van der Waals surface area contributed by atoms with Gasteiger partial charge in [0, 0.05) is 31.6 Å². The number of carbonyl (C=O) groups excluding carboxylic acids is 2. The number of hydrogen-bond donors (Lipinski definition) is 1. The van der Waals surface area contributed by atoms with Gasteiger partial charge in [-0.15, -0.1) is 0 Å². The monoisotopic (exact) mass is 380 g/mol. The summed E-state index contributed by atoms with van der Waals surface area (Å²) in [6.07, 6.45) is 0.868. The number of rotatable bonds is 7. The molecule has 7 nitrogen and oxygen atoms in total. The van der Waals surface area contributed by atoms with E-state index in [1.807, 2.05) is 0 Å². The van der Waals surface area contributed by atoms with Crippen molar-refractivity contribution in [1.82, 2.24) is 9.62 Å². The lowest BCUT2D eigenvalue weighted by molar-refractivity contribution is -0.142. The molecule has 1 unspecified atom stereocenters. The number of carbonyl (C=O) groups is 2. The standard InChI is InChI=1S/C18H24N2O5S/c1-14(18(22)25-4)19-17(21)16-11-8-10-15(13-16)9-6-5-7-12-26(23,24)20(2)3/h8,10-11,13-14H,5,7,12H2,1-4H3,(H,19,21). The molecule has 0 aliphatic rings. The van der Waals surface area contributed by atoms with Gasteiger partial charge in [-0.2, -0.15) is 0 Å². The Morgan fingerprint density at radius 2 is 2.00 bits per heavy atom. The van der Waals surface area contributed by atoms with Crippen LogP contribution in [0.15, 0.2) is 24.3 Å². The summed E-state index contributed by atoms with van der Waals surface area (Å²) in [5.74, 6) is 4.94. The van der Waals surface area contributed by atoms with Crippen molar-refractivity contribution in [2.24, 2.45) is 0 Å². The number of methoxy groups -OCH3 is 1. The first kappa shape index (κ1) is 21.7. The van der Waals surface area contributed by atoms with Crippen molar-refractivity contribution in [3.05, 3.63) is 35.4 Å². The molecule has 0 fully saturated rings. The molecule has 0 saturated carbocycles. The van der Waals surface area contributed by atoms with Crippen molar-refractivity contribution < 1.29 is 22.7 Å². The Labute approximate surface area is 154 Å². The van der Waals surface area contributed by atoms with Crippen LogP contribution in [0.1, 0.15) is 35.7 Å². The highest BCUT2D eigenvalue weighted by atomic mass is 32.2. The lowest BCUT2D eigenvalue weighted by Gasteiger charge is -2.11. The van der Waals surface area contributed by atoms with E-state index in [-0.39, 0.29) is 5.75 Å². The van der Waals surface area contributed by atoms with Gasteiger partial charge in [0.15, 0.2) is 0 Å². The third-order valence-corrected chi connectivity index (χ3v) is 5.44. The number of benzene rings is 1. The molecule has 0 heterocycles. The van der Waals surface area contributed by atoms with Crippen LogP contribution in [0.4, 0.5) is 0 Å². The Morgan fingerprint density at radius 3 is 2.62 bits per heavy atom. The highest BCUT2D eigenvalue weighted by Gasteiger charge is 2.16. The molecule has 0 bridgehead atoms. The topological polar surface area (TPSA) is 92.8 Å². The van der Waals surface area contributed by atoms with Crippen molar-refractivity contribution >= 4 is 21.9 Å². The summed E-state index contributed by atoms with van der Waals surface area (Å²) in [4.78, 5) is 23.5. The highest BCUT2D eigenvalue weighted by Crippen LogP contribution is 2.06. The number of amides is 1. The Kier molecular flexibility index (Phi) is 8.29. The van der Waals surface area contributed by atoms with E-state index in [9.17, 15) is 18.0 Å². The first-order chi connectivity index (χ1) is 12.2. The summed E-state index contributed by atoms with van der Waals surface area (Å²) in [6.45, 7) is 1.54. The van der Waals surface area contributed by atoms with E-state index < -0.39 is 27.9 Å². The second-order valence-corrected chi connectivity index (χ2v) is 8.11. The van der Waals surface area contributed by atoms with Crippen LogP contribution in [0.5, 0.6) is 0 Å². The smallest absolute Gasteiger partial charge is 0.328 e. The number of hydrogen-bond acceptors (Lipinski definition) is 5. The molecule has 0 aromatic heterocycles. The van der Waals surface area contributed by atoms with Crippen LogP contribution in [0.2, 0.25) is 0 Å². The molecule has 0 radical (unpaired) electrons. The van der Waals surface area contributed by atoms with E-state index in [4.69, 9.17) is 0 Å². The van der Waals surface area contributed by atoms with E-state index in [1.165, 1.54) is 32.4 Å². The van der Waals surface area contributed by atoms with Crippen molar-refractivity contribution in [1.29, 1.82) is 0 Å². The van der Waals surface area contributed by atoms with Crippen molar-refractivity contribution in [2.45, 2.75) is 25.8 Å². The highest BCUT2D eigenvalue weighted by molar-refractivity contribution is 7.89. The molecule has 142 valence electrons. The Morgan fingerprint density at radius 1 is 1.31 bits per heavy atom. The summed E-state index contributed by atoms with van der Waals surface area (Å²) in [5.41, 5.74) is 1.02. The number of sulfonamides is 1. The largest absolute Gasteiger partial charge is 0.467 e. The number of esters is 1. The minimum Gasteiger partial charge on any atom is -0.467 e. The van der Waals surface area contributed by atoms with Crippen LogP contribution in [-0.4, -0.2) is 57.6 Å². The van der Waals surface area contributed by atoms with Gasteiger partial charge < -0.3 is 10.1 Å². The first-order valence-electron chi connectivity index (χ1n) is 8.05. The summed E-state index contributed by atoms with van der Waals surface area (Å²) < 4.78 is 29.0. The Balaban J connectivity index is 2.65. The van der Waals surface area contributed by atoms with Gasteiger partial charge in [-0.3, -0.25) is 4.79 Å². The zero-order valence-corrected chi connectivity index (χ0v) is 16.2. The third kappa shape index (κ3) is 6.86. The lowest BCUT2D eigenvalue weighted by Crippen LogP contribution is -2.39. The van der Waals surface area contributed by atoms with Gasteiger partial charge in [0.2, 0.25) is 10.0 Å². The fourth-order valence-electron chi connectivity index (χ4n) is 1.94. The summed E-state index contributed by atoms with van der Waals surface area (Å²) in [5, 5.41) is 2.54. The van der Waals surface area contributed by atoms with Crippen LogP contribution in [0.3, 0.4) is 0 Å². The quantitative estimate of drug-likeness (QED) is 0.433. The zero-order valence-electron chi connectivity index (χ0n) is 15.4. The summed E-state index contributed by atoms with van der Waals surface area (Å²) >= 11 is 0. The minimum atomic E-state index is -3.21. The van der Waals surface area contributed by atoms with Crippen molar-refractivity contribution in [3.8, 4) is 11.8 Å². The minimum absolute atomic E-state index is 0.0442. The van der Waals surface area contributed by atoms with Crippen LogP contribution >= 0.6 is 0 Å². The van der Waals surface area contributed by atoms with E-state index in [0.717, 1.165) is 0 Å². The van der Waals surface area contributed by atoms with Gasteiger partial charge in [0.25, 0.3) is 5.91 Å². The van der Waals surface area contributed by atoms with E-state index >= 15 is 0 Å². The third-order valence-electron chi connectivity index (χ3n) is 3.52. The molecule has 26 heavy (non-hydrogen) atoms. The van der Waals surface area contributed by atoms with Crippen molar-refractivity contribution in [2.75, 3.05) is 27.0 Å². The molecule has 1 aromatic carbocycles. The van der Waals surface area contributed by atoms with E-state index in [1.54, 1.807) is 24.3 Å². The molecule has 0 aliphatic heterocycles. The van der Waals surface area contributed by atoms with Gasteiger partial charge >= 0.3 is 5.97 Å². The maximum absolute atomic E-state index is 12.1. The molecule has 0 aliphatic carbocycles. The van der Waals surface area contributed by atoms with E-state index in [2.05, 4.69) is 21.9 Å². The molecule has 1 amide bonds. The summed E-state index contributed by atoms with van der Waals surface area (Å²) in [6, 6.07) is 5.93. The SMILES string of the molecule is COC(=O)C(C)NC(=O)c1cccc(C#CCCCS(=O)(=O)N(C)C)c1. The van der Waals surface area contributed by atoms with Crippen LogP contribution in [0, 0.1) is 11.8 Å². The van der Waals surface area contributed by atoms with Crippen LogP contribution in [-0.2, 0) is 19.6 Å². The maximum atomic E-state index is 12.1. The number of nitrogens with zero attached hydrogens (tertiary/aromatic N) is 1. The van der Waals surface area contributed by atoms with Crippen LogP contribution in [0.25, 0.3) is 0 Å². The number of nitrogens with one attached hydrogen (secondary N) is 1. The fraction of sp³-hybridized carbons (Fsp3) is 0.444. The predicted molar refractivity (Wildman–Crippen MR) is 99.0 cm³/mol. The predicted octanol–water partition coefficient (Wildman–Crippen LogP) is 1.00. The normalized spacial score (nSPS) is 12.0. The first-order valence-corrected chi connectivity index (χ1v) is 9.66. The van der Waals surface area contributed by atoms with Crippen LogP contribution < -0.4 is 5.32 Å². The fourth-order valence-corrected chi connectivity index (χ4v) is 2.82. The molecule has 0 spiro atoms. The van der Waals surface area contributed by atoms with Gasteiger partial charge in [0.1, 0.15) is 6.04 Å². The zero-order chi connectivity index (χ0) is 19.7. The molecule has 1 aromatic rings. The average molecular weight is 380 g/mol. The molecule has 8 heteroatoms. The van der Waals surface area contributed by atoms with E-state index in [0.29, 0.717) is 24.0 Å². The molecule has 1 N–H and O–H groups in total. The average Bonchev–Trinajstić information content (AvgIpc) is 2.60. The second-order valence-electron chi connectivity index (χ2n) is 5.80. The van der Waals surface area contributed by atoms with Gasteiger partial charge in [-0.25, -0.2) is 17.5 Å². The molecular formula is C18H24N2O5S. The second kappa shape index (κ2) is 9.94. The Bertz CT molecular complexity index is 806. The van der Waals surface area contributed by atoms with Gasteiger partial charge in [-0.05, 0) is 31.5 Å². The lowest BCUT2D eigenvalue weighted by atomic mass is 10.1. The molecule has 1 rings (SSSR count). The Hall–Kier alpha value is -2.37. The van der Waals surface area contributed by atoms with Gasteiger partial charge in [-0.1, -0.05) is 17.9 Å². The molecular weight excluding hydrogens is 356 g/mol. The maximum Gasteiger partial charge on any atom is 0.328 e. The molecule has 1 atom stereocenters.